The summed E-state index contributed by atoms with van der Waals surface area (Å²) >= 11 is 0. The van der Waals surface area contributed by atoms with E-state index in [2.05, 4.69) is 146 Å². The molecule has 68 heavy (non-hydrogen) atoms. The molecule has 10 nitrogen and oxygen atoms in total. The van der Waals surface area contributed by atoms with Gasteiger partial charge in [0.15, 0.2) is 0 Å². The summed E-state index contributed by atoms with van der Waals surface area (Å²) in [5, 5.41) is 34.6. The number of ether oxygens (including phenoxy) is 1. The SMILES string of the molecule is CC/C(=C(\c1ccccc1)c1ccc(OCCN(C)CC2CCCC3C4NC5NC(NC6NC(NC7NC(NC(N4)C23)C2CCCCC72)C2CCCCC62)C2CCCCC52)cc1)c1ccccc1. The van der Waals surface area contributed by atoms with E-state index in [-0.39, 0.29) is 6.17 Å². The van der Waals surface area contributed by atoms with Gasteiger partial charge >= 0.3 is 0 Å². The van der Waals surface area contributed by atoms with Crippen LogP contribution >= 0.6 is 0 Å². The number of fused-ring (bicyclic) bond motifs is 20. The monoisotopic (exact) mass is 922 g/mol. The minimum absolute atomic E-state index is 0.275. The molecule has 4 saturated carbocycles. The quantitative estimate of drug-likeness (QED) is 0.0950. The second-order valence-corrected chi connectivity index (χ2v) is 23.0. The van der Waals surface area contributed by atoms with Gasteiger partial charge in [-0.1, -0.05) is 125 Å². The highest BCUT2D eigenvalue weighted by Gasteiger charge is 2.55. The van der Waals surface area contributed by atoms with E-state index in [0.717, 1.165) is 25.3 Å². The molecule has 9 aliphatic rings. The van der Waals surface area contributed by atoms with Crippen LogP contribution in [0.3, 0.4) is 0 Å². The van der Waals surface area contributed by atoms with E-state index in [9.17, 15) is 0 Å². The Kier molecular flexibility index (Phi) is 13.9. The topological polar surface area (TPSA) is 109 Å². The van der Waals surface area contributed by atoms with Gasteiger partial charge in [-0.15, -0.1) is 0 Å². The minimum Gasteiger partial charge on any atom is -0.492 e. The third kappa shape index (κ3) is 9.17. The van der Waals surface area contributed by atoms with Crippen LogP contribution < -0.4 is 47.3 Å². The zero-order valence-electron chi connectivity index (χ0n) is 41.2. The van der Waals surface area contributed by atoms with Gasteiger partial charge in [-0.25, -0.2) is 0 Å². The molecule has 8 N–H and O–H groups in total. The largest absolute Gasteiger partial charge is 0.492 e. The number of nitrogens with zero attached hydrogens (tertiary/aromatic N) is 1. The smallest absolute Gasteiger partial charge is 0.119 e. The predicted molar refractivity (Wildman–Crippen MR) is 275 cm³/mol. The van der Waals surface area contributed by atoms with Crippen LogP contribution in [0.25, 0.3) is 11.1 Å². The summed E-state index contributed by atoms with van der Waals surface area (Å²) in [4.78, 5) is 2.57. The fourth-order valence-electron chi connectivity index (χ4n) is 16.2. The second-order valence-electron chi connectivity index (χ2n) is 23.0. The number of nitrogens with one attached hydrogen (secondary N) is 8. The number of allylic oxidation sites excluding steroid dienone is 1. The van der Waals surface area contributed by atoms with Crippen molar-refractivity contribution in [3.63, 3.8) is 0 Å². The average Bonchev–Trinajstić information content (AvgIpc) is 4.13. The lowest BCUT2D eigenvalue weighted by Gasteiger charge is -2.41. The number of likely N-dealkylation sites (N-methyl/N-ethyl adjacent to an activating group) is 1. The van der Waals surface area contributed by atoms with Crippen LogP contribution in [0, 0.1) is 53.3 Å². The van der Waals surface area contributed by atoms with Gasteiger partial charge in [0.25, 0.3) is 0 Å². The molecule has 17 unspecified atom stereocenters. The molecule has 17 atom stereocenters. The van der Waals surface area contributed by atoms with Crippen molar-refractivity contribution in [2.75, 3.05) is 26.7 Å². The lowest BCUT2D eigenvalue weighted by atomic mass is 9.71. The van der Waals surface area contributed by atoms with Crippen LogP contribution in [-0.4, -0.2) is 81.0 Å². The third-order valence-corrected chi connectivity index (χ3v) is 19.3. The van der Waals surface area contributed by atoms with Gasteiger partial charge in [0.05, 0.1) is 49.3 Å². The van der Waals surface area contributed by atoms with E-state index in [1.165, 1.54) is 124 Å². The lowest BCUT2D eigenvalue weighted by molar-refractivity contribution is 0.0921. The zero-order chi connectivity index (χ0) is 45.6. The predicted octanol–water partition coefficient (Wildman–Crippen LogP) is 8.21. The normalized spacial score (nSPS) is 40.2. The summed E-state index contributed by atoms with van der Waals surface area (Å²) in [5.41, 5.74) is 6.42. The fourth-order valence-corrected chi connectivity index (χ4v) is 16.2. The van der Waals surface area contributed by atoms with Crippen molar-refractivity contribution in [1.29, 1.82) is 0 Å². The van der Waals surface area contributed by atoms with E-state index in [1.54, 1.807) is 0 Å². The number of benzene rings is 3. The highest BCUT2D eigenvalue weighted by atomic mass is 16.5. The summed E-state index contributed by atoms with van der Waals surface area (Å²) in [6.45, 7) is 4.96. The first-order valence-corrected chi connectivity index (χ1v) is 27.9. The van der Waals surface area contributed by atoms with Crippen molar-refractivity contribution < 1.29 is 4.74 Å². The Morgan fingerprint density at radius 3 is 1.31 bits per heavy atom. The van der Waals surface area contributed by atoms with Gasteiger partial charge in [0, 0.05) is 13.1 Å². The Hall–Kier alpha value is -3.16. The molecule has 5 saturated heterocycles. The zero-order valence-corrected chi connectivity index (χ0v) is 41.2. The number of rotatable bonds is 10. The highest BCUT2D eigenvalue weighted by molar-refractivity contribution is 5.98. The molecule has 5 aliphatic heterocycles. The van der Waals surface area contributed by atoms with Gasteiger partial charge in [-0.3, -0.25) is 42.5 Å². The molecular weight excluding hydrogens is 839 g/mol. The molecule has 10 heteroatoms. The first-order chi connectivity index (χ1) is 33.6. The molecule has 4 aliphatic carbocycles. The number of hydrogen-bond donors (Lipinski definition) is 8. The highest BCUT2D eigenvalue weighted by Crippen LogP contribution is 2.47. The van der Waals surface area contributed by atoms with Crippen molar-refractivity contribution >= 4 is 11.1 Å². The summed E-state index contributed by atoms with van der Waals surface area (Å²) in [5.74, 6) is 6.83. The summed E-state index contributed by atoms with van der Waals surface area (Å²) < 4.78 is 6.54. The van der Waals surface area contributed by atoms with E-state index in [4.69, 9.17) is 4.74 Å². The summed E-state index contributed by atoms with van der Waals surface area (Å²) in [7, 11) is 2.34. The number of hydrogen-bond acceptors (Lipinski definition) is 10. The standard InChI is InChI=1S/C58H83N9O/c1-3-41(36-17-6-4-7-18-36)49(37-19-8-5-9-20-37)38-29-31-40(32-30-38)68-34-33-67(2)35-39-21-16-28-48-50(39)58-65-56-47-27-15-14-26-46(47)54(63-56)61-52-43-23-11-10-22-42(43)51(59-52)60-53-44-24-12-13-25-45(44)55(62-53)64-57(48)66-58/h4-9,17-20,29-32,39,42-48,50-66H,3,10-16,21-28,33-35H2,1-2H3/b49-41-. The minimum atomic E-state index is 0.275. The molecule has 0 spiro atoms. The molecular formula is C58H83N9O. The molecule has 366 valence electrons. The van der Waals surface area contributed by atoms with Crippen LogP contribution in [0.5, 0.6) is 5.75 Å². The molecule has 9 fully saturated rings. The molecule has 3 aromatic carbocycles. The molecule has 8 bridgehead atoms. The second kappa shape index (κ2) is 20.5. The van der Waals surface area contributed by atoms with Crippen molar-refractivity contribution in [3.05, 3.63) is 102 Å². The Morgan fingerprint density at radius 1 is 0.456 bits per heavy atom. The lowest BCUT2D eigenvalue weighted by Crippen LogP contribution is -2.62. The van der Waals surface area contributed by atoms with Crippen LogP contribution in [0.1, 0.15) is 126 Å². The Labute approximate surface area is 408 Å². The van der Waals surface area contributed by atoms with Gasteiger partial charge in [-0.05, 0) is 158 Å². The third-order valence-electron chi connectivity index (χ3n) is 19.3. The maximum Gasteiger partial charge on any atom is 0.119 e. The van der Waals surface area contributed by atoms with Gasteiger partial charge in [0.1, 0.15) is 12.4 Å². The molecule has 12 rings (SSSR count). The molecule has 0 radical (unpaired) electrons. The molecule has 0 amide bonds. The van der Waals surface area contributed by atoms with Crippen molar-refractivity contribution in [3.8, 4) is 5.75 Å². The van der Waals surface area contributed by atoms with E-state index in [0.29, 0.717) is 103 Å². The average molecular weight is 922 g/mol. The van der Waals surface area contributed by atoms with Gasteiger partial charge in [-0.2, -0.15) is 0 Å². The molecule has 5 heterocycles. The fraction of sp³-hybridized carbons (Fsp3) is 0.655. The maximum absolute atomic E-state index is 6.54. The Morgan fingerprint density at radius 2 is 0.853 bits per heavy atom. The summed E-state index contributed by atoms with van der Waals surface area (Å²) in [6, 6.07) is 30.6. The van der Waals surface area contributed by atoms with Crippen molar-refractivity contribution in [2.24, 2.45) is 53.3 Å². The van der Waals surface area contributed by atoms with Crippen molar-refractivity contribution in [1.82, 2.24) is 47.4 Å². The Balaban J connectivity index is 0.755. The van der Waals surface area contributed by atoms with Crippen molar-refractivity contribution in [2.45, 2.75) is 159 Å². The van der Waals surface area contributed by atoms with Crippen LogP contribution in [0.4, 0.5) is 0 Å². The van der Waals surface area contributed by atoms with Crippen LogP contribution in [0.2, 0.25) is 0 Å². The summed E-state index contributed by atoms with van der Waals surface area (Å²) in [6.07, 6.45) is 23.8. The van der Waals surface area contributed by atoms with E-state index in [1.807, 2.05) is 0 Å². The van der Waals surface area contributed by atoms with Gasteiger partial charge in [0.2, 0.25) is 0 Å². The first-order valence-electron chi connectivity index (χ1n) is 27.9. The first kappa shape index (κ1) is 45.9. The van der Waals surface area contributed by atoms with E-state index < -0.39 is 0 Å². The van der Waals surface area contributed by atoms with Gasteiger partial charge < -0.3 is 9.64 Å². The molecule has 0 aromatic heterocycles. The van der Waals surface area contributed by atoms with E-state index >= 15 is 0 Å². The maximum atomic E-state index is 6.54. The molecule has 3 aromatic rings. The van der Waals surface area contributed by atoms with Crippen LogP contribution in [-0.2, 0) is 0 Å². The van der Waals surface area contributed by atoms with Crippen LogP contribution in [0.15, 0.2) is 84.9 Å². The Bertz CT molecular complexity index is 2150.